The fourth-order valence-corrected chi connectivity index (χ4v) is 3.30. The molecule has 1 spiro atoms. The summed E-state index contributed by atoms with van der Waals surface area (Å²) in [5, 5.41) is 3.06. The van der Waals surface area contributed by atoms with Crippen molar-refractivity contribution >= 4 is 30.2 Å². The van der Waals surface area contributed by atoms with Crippen LogP contribution in [0.2, 0.25) is 0 Å². The van der Waals surface area contributed by atoms with Gasteiger partial charge in [0.2, 0.25) is 11.8 Å². The molecule has 2 atom stereocenters. The number of nitrogens with zero attached hydrogens (tertiary/aromatic N) is 1. The van der Waals surface area contributed by atoms with E-state index in [0.29, 0.717) is 25.9 Å². The van der Waals surface area contributed by atoms with E-state index in [1.807, 2.05) is 0 Å². The van der Waals surface area contributed by atoms with Crippen LogP contribution in [0.3, 0.4) is 0 Å². The molecule has 2 saturated heterocycles. The minimum absolute atomic E-state index is 0. The summed E-state index contributed by atoms with van der Waals surface area (Å²) in [7, 11) is 1.29. The minimum Gasteiger partial charge on any atom is -0.468 e. The monoisotopic (exact) mass is 333 g/mol. The van der Waals surface area contributed by atoms with E-state index < -0.39 is 12.0 Å². The quantitative estimate of drug-likeness (QED) is 0.697. The number of carbonyl (C=O) groups excluding carboxylic acids is 3. The van der Waals surface area contributed by atoms with Crippen LogP contribution in [0.25, 0.3) is 0 Å². The van der Waals surface area contributed by atoms with E-state index in [1.165, 1.54) is 7.11 Å². The zero-order chi connectivity index (χ0) is 15.6. The first-order valence-corrected chi connectivity index (χ1v) is 7.28. The second kappa shape index (κ2) is 7.28. The highest BCUT2D eigenvalue weighted by molar-refractivity contribution is 5.85. The maximum atomic E-state index is 12.1. The standard InChI is InChI=1S/C14H23N3O4.ClH/c1-9(18)17-5-3-14(4-6-17)8-10(12(19)16-14)7-11(15)13(20)21-2;/h10-11H,3-8,15H2,1-2H3,(H,16,19);1H/t10-,11+;/m1./s1. The molecule has 22 heavy (non-hydrogen) atoms. The number of carbonyl (C=O) groups is 3. The van der Waals surface area contributed by atoms with Crippen LogP contribution < -0.4 is 11.1 Å². The third-order valence-electron chi connectivity index (χ3n) is 4.60. The summed E-state index contributed by atoms with van der Waals surface area (Å²) in [6, 6.07) is -0.766. The highest BCUT2D eigenvalue weighted by Crippen LogP contribution is 2.36. The van der Waals surface area contributed by atoms with Gasteiger partial charge < -0.3 is 20.7 Å². The van der Waals surface area contributed by atoms with E-state index in [4.69, 9.17) is 5.73 Å². The molecule has 0 unspecified atom stereocenters. The number of ether oxygens (including phenoxy) is 1. The van der Waals surface area contributed by atoms with Gasteiger partial charge in [0, 0.05) is 31.5 Å². The van der Waals surface area contributed by atoms with Gasteiger partial charge in [-0.15, -0.1) is 12.4 Å². The minimum atomic E-state index is -0.766. The second-order valence-corrected chi connectivity index (χ2v) is 6.04. The molecule has 0 bridgehead atoms. The lowest BCUT2D eigenvalue weighted by molar-refractivity contribution is -0.142. The molecular formula is C14H24ClN3O4. The van der Waals surface area contributed by atoms with E-state index in [1.54, 1.807) is 11.8 Å². The molecular weight excluding hydrogens is 310 g/mol. The zero-order valence-corrected chi connectivity index (χ0v) is 13.8. The van der Waals surface area contributed by atoms with E-state index in [2.05, 4.69) is 10.1 Å². The molecule has 2 aliphatic rings. The molecule has 2 amide bonds. The number of nitrogens with one attached hydrogen (secondary N) is 1. The average molecular weight is 334 g/mol. The van der Waals surface area contributed by atoms with Crippen LogP contribution in [-0.2, 0) is 19.1 Å². The van der Waals surface area contributed by atoms with Crippen molar-refractivity contribution in [3.05, 3.63) is 0 Å². The average Bonchev–Trinajstić information content (AvgIpc) is 2.74. The smallest absolute Gasteiger partial charge is 0.322 e. The second-order valence-electron chi connectivity index (χ2n) is 6.04. The van der Waals surface area contributed by atoms with Crippen LogP contribution in [-0.4, -0.2) is 54.5 Å². The largest absolute Gasteiger partial charge is 0.468 e. The van der Waals surface area contributed by atoms with Gasteiger partial charge in [-0.2, -0.15) is 0 Å². The van der Waals surface area contributed by atoms with Crippen molar-refractivity contribution in [1.82, 2.24) is 10.2 Å². The van der Waals surface area contributed by atoms with Crippen LogP contribution in [0, 0.1) is 5.92 Å². The van der Waals surface area contributed by atoms with Gasteiger partial charge in [0.1, 0.15) is 6.04 Å². The molecule has 0 aromatic rings. The highest BCUT2D eigenvalue weighted by atomic mass is 35.5. The lowest BCUT2D eigenvalue weighted by Gasteiger charge is -2.39. The zero-order valence-electron chi connectivity index (χ0n) is 13.0. The van der Waals surface area contributed by atoms with Gasteiger partial charge in [0.15, 0.2) is 0 Å². The van der Waals surface area contributed by atoms with Gasteiger partial charge in [-0.05, 0) is 25.7 Å². The normalized spacial score (nSPS) is 24.4. The topological polar surface area (TPSA) is 102 Å². The van der Waals surface area contributed by atoms with Crippen molar-refractivity contribution in [2.24, 2.45) is 11.7 Å². The number of rotatable bonds is 3. The number of halogens is 1. The van der Waals surface area contributed by atoms with Crippen molar-refractivity contribution in [3.8, 4) is 0 Å². The Bertz CT molecular complexity index is 449. The Labute approximate surface area is 136 Å². The summed E-state index contributed by atoms with van der Waals surface area (Å²) in [5.74, 6) is -0.734. The fourth-order valence-electron chi connectivity index (χ4n) is 3.30. The molecule has 2 fully saturated rings. The van der Waals surface area contributed by atoms with E-state index in [-0.39, 0.29) is 35.7 Å². The van der Waals surface area contributed by atoms with Gasteiger partial charge in [-0.1, -0.05) is 0 Å². The molecule has 0 aliphatic carbocycles. The maximum Gasteiger partial charge on any atom is 0.322 e. The van der Waals surface area contributed by atoms with Crippen molar-refractivity contribution in [1.29, 1.82) is 0 Å². The van der Waals surface area contributed by atoms with E-state index >= 15 is 0 Å². The first-order chi connectivity index (χ1) is 9.87. The number of hydrogen-bond donors (Lipinski definition) is 2. The molecule has 2 heterocycles. The van der Waals surface area contributed by atoms with Crippen LogP contribution in [0.4, 0.5) is 0 Å². The Morgan fingerprint density at radius 1 is 1.45 bits per heavy atom. The summed E-state index contributed by atoms with van der Waals surface area (Å²) in [5.41, 5.74) is 5.50. The SMILES string of the molecule is COC(=O)[C@@H](N)C[C@@H]1CC2(CCN(C(C)=O)CC2)NC1=O.Cl. The Balaban J connectivity index is 0.00000242. The Hall–Kier alpha value is -1.34. The summed E-state index contributed by atoms with van der Waals surface area (Å²) in [4.78, 5) is 36.6. The van der Waals surface area contributed by atoms with Gasteiger partial charge >= 0.3 is 5.97 Å². The number of methoxy groups -OCH3 is 1. The molecule has 0 saturated carbocycles. The maximum absolute atomic E-state index is 12.1. The van der Waals surface area contributed by atoms with Crippen LogP contribution in [0.15, 0.2) is 0 Å². The molecule has 0 radical (unpaired) electrons. The molecule has 8 heteroatoms. The molecule has 126 valence electrons. The lowest BCUT2D eigenvalue weighted by atomic mass is 9.82. The number of piperidine rings is 1. The van der Waals surface area contributed by atoms with E-state index in [9.17, 15) is 14.4 Å². The van der Waals surface area contributed by atoms with Crippen LogP contribution in [0.5, 0.6) is 0 Å². The van der Waals surface area contributed by atoms with Crippen LogP contribution >= 0.6 is 12.4 Å². The first-order valence-electron chi connectivity index (χ1n) is 7.28. The summed E-state index contributed by atoms with van der Waals surface area (Å²) < 4.78 is 4.60. The molecule has 0 aromatic heterocycles. The van der Waals surface area contributed by atoms with Crippen molar-refractivity contribution in [2.75, 3.05) is 20.2 Å². The third kappa shape index (κ3) is 3.89. The predicted molar refractivity (Wildman–Crippen MR) is 82.3 cm³/mol. The number of amides is 2. The van der Waals surface area contributed by atoms with Gasteiger partial charge in [-0.25, -0.2) is 0 Å². The summed E-state index contributed by atoms with van der Waals surface area (Å²) in [6.07, 6.45) is 2.48. The lowest BCUT2D eigenvalue weighted by Crippen LogP contribution is -2.51. The Morgan fingerprint density at radius 2 is 2.05 bits per heavy atom. The first kappa shape index (κ1) is 18.7. The summed E-state index contributed by atoms with van der Waals surface area (Å²) in [6.45, 7) is 2.88. The number of nitrogens with two attached hydrogens (primary N) is 1. The van der Waals surface area contributed by atoms with Crippen molar-refractivity contribution in [2.45, 2.75) is 44.2 Å². The van der Waals surface area contributed by atoms with E-state index in [0.717, 1.165) is 12.8 Å². The van der Waals surface area contributed by atoms with Crippen molar-refractivity contribution < 1.29 is 19.1 Å². The van der Waals surface area contributed by atoms with Gasteiger partial charge in [-0.3, -0.25) is 14.4 Å². The molecule has 3 N–H and O–H groups in total. The molecule has 2 rings (SSSR count). The molecule has 0 aromatic carbocycles. The Morgan fingerprint density at radius 3 is 2.55 bits per heavy atom. The third-order valence-corrected chi connectivity index (χ3v) is 4.60. The van der Waals surface area contributed by atoms with Crippen LogP contribution in [0.1, 0.15) is 32.6 Å². The van der Waals surface area contributed by atoms with Gasteiger partial charge in [0.05, 0.1) is 7.11 Å². The van der Waals surface area contributed by atoms with Crippen molar-refractivity contribution in [3.63, 3.8) is 0 Å². The fraction of sp³-hybridized carbons (Fsp3) is 0.786. The summed E-state index contributed by atoms with van der Waals surface area (Å²) >= 11 is 0. The number of likely N-dealkylation sites (tertiary alicyclic amines) is 1. The van der Waals surface area contributed by atoms with Gasteiger partial charge in [0.25, 0.3) is 0 Å². The molecule has 2 aliphatic heterocycles. The predicted octanol–water partition coefficient (Wildman–Crippen LogP) is -0.184. The Kier molecular flexibility index (Phi) is 6.19. The highest BCUT2D eigenvalue weighted by Gasteiger charge is 2.46. The molecule has 7 nitrogen and oxygen atoms in total. The number of hydrogen-bond acceptors (Lipinski definition) is 5. The number of esters is 1.